The van der Waals surface area contributed by atoms with Crippen molar-refractivity contribution in [3.63, 3.8) is 0 Å². The molecule has 5 nitrogen and oxygen atoms in total. The third-order valence-electron chi connectivity index (χ3n) is 2.67. The van der Waals surface area contributed by atoms with Crippen molar-refractivity contribution in [3.05, 3.63) is 64.2 Å². The van der Waals surface area contributed by atoms with Gasteiger partial charge in [0.25, 0.3) is 12.0 Å². The number of non-ortho nitro benzene ring substituents is 1. The number of ether oxygens (including phenoxy) is 2. The first-order valence-corrected chi connectivity index (χ1v) is 5.41. The quantitative estimate of drug-likeness (QED) is 0.600. The predicted molar refractivity (Wildman–Crippen MR) is 63.5 cm³/mol. The van der Waals surface area contributed by atoms with Crippen molar-refractivity contribution in [1.82, 2.24) is 0 Å². The van der Waals surface area contributed by atoms with E-state index in [0.717, 1.165) is 0 Å². The second-order valence-electron chi connectivity index (χ2n) is 3.87. The molecule has 0 amide bonds. The standard InChI is InChI=1S/C13H9NO4/c15-14(16)10-5-3-4-9(8-10)13-17-11-6-1-2-7-12(11)18-13/h1-8,13H. The number of para-hydroxylation sites is 2. The molecule has 0 aliphatic carbocycles. The van der Waals surface area contributed by atoms with Gasteiger partial charge in [-0.2, -0.15) is 0 Å². The van der Waals surface area contributed by atoms with Crippen molar-refractivity contribution in [2.75, 3.05) is 0 Å². The molecule has 0 saturated carbocycles. The summed E-state index contributed by atoms with van der Waals surface area (Å²) in [6.45, 7) is 0. The molecule has 0 N–H and O–H groups in total. The number of nitrogens with zero attached hydrogens (tertiary/aromatic N) is 1. The molecule has 0 fully saturated rings. The van der Waals surface area contributed by atoms with Crippen molar-refractivity contribution >= 4 is 5.69 Å². The van der Waals surface area contributed by atoms with Gasteiger partial charge in [-0.1, -0.05) is 24.3 Å². The van der Waals surface area contributed by atoms with Crippen LogP contribution in [0, 0.1) is 10.1 Å². The zero-order valence-electron chi connectivity index (χ0n) is 9.28. The summed E-state index contributed by atoms with van der Waals surface area (Å²) in [7, 11) is 0. The van der Waals surface area contributed by atoms with Gasteiger partial charge in [0.2, 0.25) is 0 Å². The normalized spacial score (nSPS) is 13.6. The lowest BCUT2D eigenvalue weighted by Gasteiger charge is -2.09. The molecule has 0 bridgehead atoms. The van der Waals surface area contributed by atoms with Crippen molar-refractivity contribution < 1.29 is 14.4 Å². The molecule has 0 spiro atoms. The number of hydrogen-bond acceptors (Lipinski definition) is 4. The fraction of sp³-hybridized carbons (Fsp3) is 0.0769. The molecule has 2 aromatic rings. The van der Waals surface area contributed by atoms with Crippen molar-refractivity contribution in [1.29, 1.82) is 0 Å². The third-order valence-corrected chi connectivity index (χ3v) is 2.67. The average molecular weight is 243 g/mol. The monoisotopic (exact) mass is 243 g/mol. The molecule has 90 valence electrons. The number of benzene rings is 2. The Labute approximate surface area is 103 Å². The Hall–Kier alpha value is -2.56. The molecular formula is C13H9NO4. The van der Waals surface area contributed by atoms with Gasteiger partial charge in [0.1, 0.15) is 0 Å². The first-order valence-electron chi connectivity index (χ1n) is 5.41. The maximum atomic E-state index is 10.7. The highest BCUT2D eigenvalue weighted by Crippen LogP contribution is 2.40. The van der Waals surface area contributed by atoms with E-state index in [2.05, 4.69) is 0 Å². The number of fused-ring (bicyclic) bond motifs is 1. The van der Waals surface area contributed by atoms with E-state index < -0.39 is 11.2 Å². The van der Waals surface area contributed by atoms with Crippen LogP contribution in [0.3, 0.4) is 0 Å². The highest BCUT2D eigenvalue weighted by Gasteiger charge is 2.26. The van der Waals surface area contributed by atoms with Crippen molar-refractivity contribution in [3.8, 4) is 11.5 Å². The topological polar surface area (TPSA) is 61.6 Å². The van der Waals surface area contributed by atoms with Crippen LogP contribution in [0.1, 0.15) is 11.9 Å². The summed E-state index contributed by atoms with van der Waals surface area (Å²) in [5.41, 5.74) is 0.649. The van der Waals surface area contributed by atoms with Crippen LogP contribution in [-0.4, -0.2) is 4.92 Å². The Balaban J connectivity index is 1.90. The molecule has 0 atom stereocenters. The lowest BCUT2D eigenvalue weighted by molar-refractivity contribution is -0.385. The summed E-state index contributed by atoms with van der Waals surface area (Å²) in [4.78, 5) is 10.3. The first-order chi connectivity index (χ1) is 8.74. The van der Waals surface area contributed by atoms with Gasteiger partial charge < -0.3 is 9.47 Å². The lowest BCUT2D eigenvalue weighted by Crippen LogP contribution is -2.08. The molecule has 3 rings (SSSR count). The summed E-state index contributed by atoms with van der Waals surface area (Å²) in [6, 6.07) is 13.5. The molecule has 0 aromatic heterocycles. The van der Waals surface area contributed by atoms with Gasteiger partial charge in [-0.3, -0.25) is 10.1 Å². The minimum Gasteiger partial charge on any atom is -0.447 e. The Bertz CT molecular complexity index is 586. The van der Waals surface area contributed by atoms with Crippen molar-refractivity contribution in [2.45, 2.75) is 6.29 Å². The van der Waals surface area contributed by atoms with E-state index in [-0.39, 0.29) is 5.69 Å². The average Bonchev–Trinajstić information content (AvgIpc) is 2.82. The van der Waals surface area contributed by atoms with E-state index in [4.69, 9.17) is 9.47 Å². The summed E-state index contributed by atoms with van der Waals surface area (Å²) >= 11 is 0. The minimum absolute atomic E-state index is 0.0238. The Morgan fingerprint density at radius 1 is 1.00 bits per heavy atom. The second-order valence-corrected chi connectivity index (χ2v) is 3.87. The molecule has 1 aliphatic rings. The molecule has 1 heterocycles. The number of rotatable bonds is 2. The van der Waals surface area contributed by atoms with Crippen LogP contribution in [0.2, 0.25) is 0 Å². The number of hydrogen-bond donors (Lipinski definition) is 0. The highest BCUT2D eigenvalue weighted by molar-refractivity contribution is 5.44. The summed E-state index contributed by atoms with van der Waals surface area (Å²) in [5.74, 6) is 1.29. The van der Waals surface area contributed by atoms with E-state index in [9.17, 15) is 10.1 Å². The predicted octanol–water partition coefficient (Wildman–Crippen LogP) is 3.06. The van der Waals surface area contributed by atoms with Gasteiger partial charge in [0.15, 0.2) is 11.5 Å². The van der Waals surface area contributed by atoms with E-state index in [1.54, 1.807) is 24.3 Å². The molecule has 0 unspecified atom stereocenters. The Morgan fingerprint density at radius 3 is 2.28 bits per heavy atom. The smallest absolute Gasteiger partial charge is 0.269 e. The Morgan fingerprint density at radius 2 is 1.67 bits per heavy atom. The van der Waals surface area contributed by atoms with Crippen LogP contribution in [0.15, 0.2) is 48.5 Å². The van der Waals surface area contributed by atoms with Crippen LogP contribution in [-0.2, 0) is 0 Å². The van der Waals surface area contributed by atoms with Gasteiger partial charge in [0.05, 0.1) is 4.92 Å². The minimum atomic E-state index is -0.623. The number of nitro groups is 1. The van der Waals surface area contributed by atoms with Crippen LogP contribution in [0.5, 0.6) is 11.5 Å². The summed E-state index contributed by atoms with van der Waals surface area (Å²) in [5, 5.41) is 10.7. The first kappa shape index (κ1) is 10.6. The van der Waals surface area contributed by atoms with Crippen LogP contribution in [0.25, 0.3) is 0 Å². The maximum Gasteiger partial charge on any atom is 0.269 e. The van der Waals surface area contributed by atoms with Crippen molar-refractivity contribution in [2.24, 2.45) is 0 Å². The largest absolute Gasteiger partial charge is 0.447 e. The van der Waals surface area contributed by atoms with E-state index in [1.165, 1.54) is 12.1 Å². The summed E-state index contributed by atoms with van der Waals surface area (Å²) in [6.07, 6.45) is -0.623. The molecule has 0 saturated heterocycles. The molecule has 2 aromatic carbocycles. The SMILES string of the molecule is O=[N+]([O-])c1cccc(C2Oc3ccccc3O2)c1. The van der Waals surface area contributed by atoms with E-state index >= 15 is 0 Å². The molecule has 18 heavy (non-hydrogen) atoms. The maximum absolute atomic E-state index is 10.7. The fourth-order valence-electron chi connectivity index (χ4n) is 1.82. The lowest BCUT2D eigenvalue weighted by atomic mass is 10.2. The van der Waals surface area contributed by atoms with Gasteiger partial charge in [-0.05, 0) is 12.1 Å². The van der Waals surface area contributed by atoms with E-state index in [0.29, 0.717) is 17.1 Å². The third kappa shape index (κ3) is 1.75. The zero-order chi connectivity index (χ0) is 12.5. The van der Waals surface area contributed by atoms with Crippen LogP contribution in [0.4, 0.5) is 5.69 Å². The van der Waals surface area contributed by atoms with Gasteiger partial charge in [0, 0.05) is 17.7 Å². The molecule has 1 aliphatic heterocycles. The Kier molecular flexibility index (Phi) is 2.37. The highest BCUT2D eigenvalue weighted by atomic mass is 16.7. The van der Waals surface area contributed by atoms with Gasteiger partial charge >= 0.3 is 0 Å². The summed E-state index contributed by atoms with van der Waals surface area (Å²) < 4.78 is 11.2. The van der Waals surface area contributed by atoms with Crippen LogP contribution >= 0.6 is 0 Å². The van der Waals surface area contributed by atoms with Gasteiger partial charge in [-0.25, -0.2) is 0 Å². The van der Waals surface area contributed by atoms with E-state index in [1.807, 2.05) is 12.1 Å². The van der Waals surface area contributed by atoms with Crippen LogP contribution < -0.4 is 9.47 Å². The fourth-order valence-corrected chi connectivity index (χ4v) is 1.82. The van der Waals surface area contributed by atoms with Gasteiger partial charge in [-0.15, -0.1) is 0 Å². The molecular weight excluding hydrogens is 234 g/mol. The number of nitro benzene ring substituents is 1. The molecule has 5 heteroatoms. The zero-order valence-corrected chi connectivity index (χ0v) is 9.28. The molecule has 0 radical (unpaired) electrons. The second kappa shape index (κ2) is 4.03.